The van der Waals surface area contributed by atoms with Gasteiger partial charge in [0.05, 0.1) is 23.6 Å². The number of carbonyl (C=O) groups is 1. The van der Waals surface area contributed by atoms with Crippen LogP contribution in [0.3, 0.4) is 0 Å². The number of imidazole rings is 1. The maximum atomic E-state index is 13.2. The van der Waals surface area contributed by atoms with Crippen LogP contribution in [-0.2, 0) is 0 Å². The summed E-state index contributed by atoms with van der Waals surface area (Å²) >= 11 is 0. The van der Waals surface area contributed by atoms with Crippen molar-refractivity contribution in [3.63, 3.8) is 0 Å². The van der Waals surface area contributed by atoms with Crippen molar-refractivity contribution in [3.8, 4) is 0 Å². The lowest BCUT2D eigenvalue weighted by molar-refractivity contribution is 0.0606. The van der Waals surface area contributed by atoms with E-state index in [9.17, 15) is 4.79 Å². The first kappa shape index (κ1) is 16.7. The van der Waals surface area contributed by atoms with Gasteiger partial charge in [-0.3, -0.25) is 9.78 Å². The van der Waals surface area contributed by atoms with Crippen LogP contribution in [-0.4, -0.2) is 36.9 Å². The van der Waals surface area contributed by atoms with E-state index >= 15 is 0 Å². The number of amides is 1. The normalized spacial score (nSPS) is 17.8. The molecule has 1 amide bonds. The van der Waals surface area contributed by atoms with Gasteiger partial charge in [0.2, 0.25) is 0 Å². The third-order valence-electron chi connectivity index (χ3n) is 5.01. The van der Waals surface area contributed by atoms with Crippen LogP contribution in [0.15, 0.2) is 43.0 Å². The zero-order chi connectivity index (χ0) is 18.1. The van der Waals surface area contributed by atoms with Crippen molar-refractivity contribution in [1.82, 2.24) is 24.4 Å². The summed E-state index contributed by atoms with van der Waals surface area (Å²) in [5.41, 5.74) is 3.13. The fraction of sp³-hybridized carbons (Fsp3) is 0.400. The van der Waals surface area contributed by atoms with Gasteiger partial charge < -0.3 is 9.47 Å². The van der Waals surface area contributed by atoms with Gasteiger partial charge in [0.1, 0.15) is 5.52 Å². The third kappa shape index (κ3) is 2.96. The predicted octanol–water partition coefficient (Wildman–Crippen LogP) is 3.77. The van der Waals surface area contributed by atoms with Crippen molar-refractivity contribution in [2.75, 3.05) is 6.54 Å². The Kier molecular flexibility index (Phi) is 4.41. The molecule has 0 aliphatic carbocycles. The van der Waals surface area contributed by atoms with Gasteiger partial charge in [0.25, 0.3) is 5.91 Å². The highest BCUT2D eigenvalue weighted by Gasteiger charge is 2.30. The Morgan fingerprint density at radius 1 is 1.19 bits per heavy atom. The number of carbonyl (C=O) groups excluding carboxylic acids is 1. The third-order valence-corrected chi connectivity index (χ3v) is 5.01. The summed E-state index contributed by atoms with van der Waals surface area (Å²) in [7, 11) is 0. The molecule has 0 spiro atoms. The second kappa shape index (κ2) is 6.86. The molecule has 1 atom stereocenters. The van der Waals surface area contributed by atoms with E-state index < -0.39 is 0 Å². The molecule has 0 N–H and O–H groups in total. The Morgan fingerprint density at radius 2 is 2.08 bits per heavy atom. The molecule has 0 radical (unpaired) electrons. The molecule has 1 fully saturated rings. The summed E-state index contributed by atoms with van der Waals surface area (Å²) in [4.78, 5) is 28.5. The summed E-state index contributed by atoms with van der Waals surface area (Å²) in [6.45, 7) is 4.93. The Labute approximate surface area is 152 Å². The predicted molar refractivity (Wildman–Crippen MR) is 99.8 cm³/mol. The summed E-state index contributed by atoms with van der Waals surface area (Å²) in [6, 6.07) is 8.05. The first-order valence-corrected chi connectivity index (χ1v) is 9.19. The Hall–Kier alpha value is -2.76. The average Bonchev–Trinajstić information content (AvgIpc) is 3.11. The minimum absolute atomic E-state index is 0.00819. The van der Waals surface area contributed by atoms with Crippen molar-refractivity contribution in [2.45, 2.75) is 45.2 Å². The van der Waals surface area contributed by atoms with Gasteiger partial charge >= 0.3 is 0 Å². The van der Waals surface area contributed by atoms with E-state index in [0.29, 0.717) is 5.56 Å². The molecular weight excluding hydrogens is 326 g/mol. The van der Waals surface area contributed by atoms with Gasteiger partial charge in [-0.1, -0.05) is 6.07 Å². The summed E-state index contributed by atoms with van der Waals surface area (Å²) < 4.78 is 2.02. The van der Waals surface area contributed by atoms with Crippen LogP contribution in [0.4, 0.5) is 0 Å². The monoisotopic (exact) mass is 349 g/mol. The van der Waals surface area contributed by atoms with E-state index in [1.54, 1.807) is 18.7 Å². The van der Waals surface area contributed by atoms with Crippen LogP contribution in [0.5, 0.6) is 0 Å². The molecular formula is C20H23N5O. The van der Waals surface area contributed by atoms with Gasteiger partial charge in [-0.05, 0) is 51.3 Å². The summed E-state index contributed by atoms with van der Waals surface area (Å²) in [5, 5.41) is 0. The Balaban J connectivity index is 1.66. The van der Waals surface area contributed by atoms with Crippen LogP contribution in [0.25, 0.3) is 11.2 Å². The molecule has 0 bridgehead atoms. The molecule has 6 nitrogen and oxygen atoms in total. The number of rotatable bonds is 3. The van der Waals surface area contributed by atoms with Gasteiger partial charge in [-0.2, -0.15) is 0 Å². The van der Waals surface area contributed by atoms with Gasteiger partial charge in [-0.15, -0.1) is 0 Å². The highest BCUT2D eigenvalue weighted by atomic mass is 16.2. The van der Waals surface area contributed by atoms with Crippen LogP contribution >= 0.6 is 0 Å². The number of fused-ring (bicyclic) bond motifs is 1. The van der Waals surface area contributed by atoms with E-state index in [-0.39, 0.29) is 18.0 Å². The zero-order valence-corrected chi connectivity index (χ0v) is 15.2. The number of piperidine rings is 1. The second-order valence-electron chi connectivity index (χ2n) is 7.08. The topological polar surface area (TPSA) is 63.9 Å². The summed E-state index contributed by atoms with van der Waals surface area (Å²) in [6.07, 6.45) is 8.33. The standard InChI is InChI=1S/C20H23N5O/c1-14(2)25-13-23-17-11-15(12-22-19(17)25)20(26)24-10-6-4-8-18(24)16-7-3-5-9-21-16/h3,5,7,9,11-14,18H,4,6,8,10H2,1-2H3. The quantitative estimate of drug-likeness (QED) is 0.722. The van der Waals surface area contributed by atoms with Crippen LogP contribution in [0, 0.1) is 0 Å². The first-order chi connectivity index (χ1) is 12.6. The van der Waals surface area contributed by atoms with Gasteiger partial charge in [0, 0.05) is 25.0 Å². The molecule has 26 heavy (non-hydrogen) atoms. The smallest absolute Gasteiger partial charge is 0.256 e. The van der Waals surface area contributed by atoms with Crippen molar-refractivity contribution in [3.05, 3.63) is 54.2 Å². The molecule has 4 heterocycles. The Morgan fingerprint density at radius 3 is 2.85 bits per heavy atom. The second-order valence-corrected chi connectivity index (χ2v) is 7.08. The maximum Gasteiger partial charge on any atom is 0.256 e. The maximum absolute atomic E-state index is 13.2. The molecule has 1 aliphatic rings. The lowest BCUT2D eigenvalue weighted by Gasteiger charge is -2.35. The van der Waals surface area contributed by atoms with Crippen LogP contribution < -0.4 is 0 Å². The molecule has 6 heteroatoms. The van der Waals surface area contributed by atoms with Crippen molar-refractivity contribution in [1.29, 1.82) is 0 Å². The van der Waals surface area contributed by atoms with E-state index in [1.165, 1.54) is 0 Å². The van der Waals surface area contributed by atoms with Crippen molar-refractivity contribution >= 4 is 17.1 Å². The number of nitrogens with zero attached hydrogens (tertiary/aromatic N) is 5. The molecule has 3 aromatic rings. The number of aromatic nitrogens is 4. The highest BCUT2D eigenvalue weighted by molar-refractivity contribution is 5.96. The number of hydrogen-bond acceptors (Lipinski definition) is 4. The van der Waals surface area contributed by atoms with Crippen molar-refractivity contribution in [2.24, 2.45) is 0 Å². The van der Waals surface area contributed by atoms with Gasteiger partial charge in [-0.25, -0.2) is 9.97 Å². The Bertz CT molecular complexity index is 918. The van der Waals surface area contributed by atoms with Gasteiger partial charge in [0.15, 0.2) is 5.65 Å². The summed E-state index contributed by atoms with van der Waals surface area (Å²) in [5.74, 6) is 0.00819. The molecule has 1 saturated heterocycles. The number of hydrogen-bond donors (Lipinski definition) is 0. The lowest BCUT2D eigenvalue weighted by atomic mass is 9.98. The fourth-order valence-corrected chi connectivity index (χ4v) is 3.63. The highest BCUT2D eigenvalue weighted by Crippen LogP contribution is 2.31. The van der Waals surface area contributed by atoms with Crippen LogP contribution in [0.2, 0.25) is 0 Å². The van der Waals surface area contributed by atoms with E-state index in [1.807, 2.05) is 33.7 Å². The number of likely N-dealkylation sites (tertiary alicyclic amines) is 1. The molecule has 0 saturated carbocycles. The minimum Gasteiger partial charge on any atom is -0.330 e. The van der Waals surface area contributed by atoms with E-state index in [2.05, 4.69) is 28.8 Å². The molecule has 3 aromatic heterocycles. The minimum atomic E-state index is 0.00819. The zero-order valence-electron chi connectivity index (χ0n) is 15.2. The average molecular weight is 349 g/mol. The largest absolute Gasteiger partial charge is 0.330 e. The number of pyridine rings is 2. The molecule has 1 aliphatic heterocycles. The molecule has 4 rings (SSSR count). The fourth-order valence-electron chi connectivity index (χ4n) is 3.63. The van der Waals surface area contributed by atoms with Crippen molar-refractivity contribution < 1.29 is 4.79 Å². The van der Waals surface area contributed by atoms with Crippen LogP contribution in [0.1, 0.15) is 61.2 Å². The lowest BCUT2D eigenvalue weighted by Crippen LogP contribution is -2.38. The SMILES string of the molecule is CC(C)n1cnc2cc(C(=O)N3CCCCC3c3ccccn3)cnc21. The molecule has 134 valence electrons. The van der Waals surface area contributed by atoms with E-state index in [0.717, 1.165) is 42.7 Å². The molecule has 1 unspecified atom stereocenters. The molecule has 0 aromatic carbocycles. The first-order valence-electron chi connectivity index (χ1n) is 9.19. The van der Waals surface area contributed by atoms with E-state index in [4.69, 9.17) is 0 Å².